The fraction of sp³-hybridized carbons (Fsp3) is 0.364. The van der Waals surface area contributed by atoms with Crippen LogP contribution in [0, 0.1) is 0 Å². The van der Waals surface area contributed by atoms with Gasteiger partial charge >= 0.3 is 5.97 Å². The van der Waals surface area contributed by atoms with Gasteiger partial charge in [-0.25, -0.2) is 4.79 Å². The molecule has 2 rings (SSSR count). The number of hydrogen-bond donors (Lipinski definition) is 4. The molecule has 10 heteroatoms. The monoisotopic (exact) mass is 302 g/mol. The minimum Gasteiger partial charge on any atom is -0.478 e. The van der Waals surface area contributed by atoms with Gasteiger partial charge in [0.1, 0.15) is 6.10 Å². The molecule has 0 bridgehead atoms. The van der Waals surface area contributed by atoms with E-state index in [0.717, 1.165) is 6.08 Å². The van der Waals surface area contributed by atoms with Crippen LogP contribution in [0.4, 0.5) is 0 Å². The zero-order valence-corrected chi connectivity index (χ0v) is 10.8. The van der Waals surface area contributed by atoms with Crippen LogP contribution in [0.15, 0.2) is 12.7 Å². The van der Waals surface area contributed by atoms with E-state index in [0.29, 0.717) is 0 Å². The Bertz CT molecular complexity index is 454. The summed E-state index contributed by atoms with van der Waals surface area (Å²) in [5, 5.41) is 26.6. The number of aliphatic carboxylic acids is 1. The Morgan fingerprint density at radius 2 is 1.67 bits per heavy atom. The molecule has 0 spiro atoms. The number of hydroxylamine groups is 2. The Kier molecular flexibility index (Phi) is 7.50. The van der Waals surface area contributed by atoms with E-state index in [9.17, 15) is 24.0 Å². The first-order valence-corrected chi connectivity index (χ1v) is 5.60. The van der Waals surface area contributed by atoms with Gasteiger partial charge in [-0.1, -0.05) is 6.58 Å². The summed E-state index contributed by atoms with van der Waals surface area (Å²) in [5.74, 6) is -2.98. The van der Waals surface area contributed by atoms with Crippen LogP contribution in [0.1, 0.15) is 19.3 Å². The number of carbonyl (C=O) groups excluding carboxylic acids is 4. The number of nitrogens with one attached hydrogen (secondary N) is 1. The van der Waals surface area contributed by atoms with Crippen molar-refractivity contribution in [3.8, 4) is 0 Å². The minimum atomic E-state index is -1.11. The van der Waals surface area contributed by atoms with E-state index in [1.165, 1.54) is 0 Å². The van der Waals surface area contributed by atoms with Gasteiger partial charge in [-0.15, -0.1) is 0 Å². The number of carboxylic acid groups (broad SMARTS) is 1. The number of imide groups is 2. The fourth-order valence-corrected chi connectivity index (χ4v) is 1.10. The maximum atomic E-state index is 10.2. The third kappa shape index (κ3) is 6.94. The summed E-state index contributed by atoms with van der Waals surface area (Å²) in [6.07, 6.45) is -0.0637. The molecular formula is C11H14N2O8. The Labute approximate surface area is 118 Å². The number of amides is 4. The van der Waals surface area contributed by atoms with Gasteiger partial charge in [0.05, 0.1) is 6.42 Å². The van der Waals surface area contributed by atoms with Crippen molar-refractivity contribution in [1.82, 2.24) is 10.4 Å². The molecule has 2 heterocycles. The molecule has 0 aromatic rings. The van der Waals surface area contributed by atoms with E-state index in [1.807, 2.05) is 5.32 Å². The first kappa shape index (κ1) is 18.4. The van der Waals surface area contributed by atoms with E-state index in [4.69, 9.17) is 15.4 Å². The molecule has 4 N–H and O–H groups in total. The number of carboxylic acids is 1. The van der Waals surface area contributed by atoms with Gasteiger partial charge in [-0.3, -0.25) is 29.7 Å². The molecule has 2 aliphatic rings. The second-order valence-corrected chi connectivity index (χ2v) is 3.77. The van der Waals surface area contributed by atoms with Crippen LogP contribution >= 0.6 is 0 Å². The van der Waals surface area contributed by atoms with Crippen LogP contribution < -0.4 is 5.32 Å². The van der Waals surface area contributed by atoms with Gasteiger partial charge in [-0.05, 0) is 0 Å². The number of nitrogens with zero attached hydrogens (tertiary/aromatic N) is 1. The Hall–Kier alpha value is -2.59. The van der Waals surface area contributed by atoms with E-state index in [2.05, 4.69) is 6.58 Å². The van der Waals surface area contributed by atoms with Crippen molar-refractivity contribution in [3.63, 3.8) is 0 Å². The maximum absolute atomic E-state index is 10.2. The molecule has 0 aromatic heterocycles. The molecule has 4 amide bonds. The van der Waals surface area contributed by atoms with E-state index >= 15 is 0 Å². The van der Waals surface area contributed by atoms with Crippen LogP contribution in [-0.2, 0) is 24.0 Å². The van der Waals surface area contributed by atoms with Gasteiger partial charge in [0, 0.05) is 18.9 Å². The standard InChI is InChI=1S/2C4H5NO3.C3H4O2/c6-3-1-2-4(7)5(3)8;6-2-1-3(7)5-4(2)8;1-2-3(4)5/h8H,1-2H2;2,6H,1H2,(H,5,7,8);2H,1H2,(H,4,5). The molecule has 1 unspecified atom stereocenters. The Morgan fingerprint density at radius 1 is 1.24 bits per heavy atom. The highest BCUT2D eigenvalue weighted by atomic mass is 16.5. The number of aliphatic hydroxyl groups excluding tert-OH is 1. The van der Waals surface area contributed by atoms with Gasteiger partial charge in [0.25, 0.3) is 17.7 Å². The van der Waals surface area contributed by atoms with Crippen LogP contribution in [0.3, 0.4) is 0 Å². The van der Waals surface area contributed by atoms with Crippen LogP contribution in [0.25, 0.3) is 0 Å². The number of rotatable bonds is 1. The van der Waals surface area contributed by atoms with Crippen molar-refractivity contribution >= 4 is 29.6 Å². The molecule has 2 fully saturated rings. The number of hydrogen-bond acceptors (Lipinski definition) is 7. The number of aliphatic hydroxyl groups is 1. The molecule has 2 saturated heterocycles. The van der Waals surface area contributed by atoms with E-state index in [-0.39, 0.29) is 24.3 Å². The fourth-order valence-electron chi connectivity index (χ4n) is 1.10. The summed E-state index contributed by atoms with van der Waals surface area (Å²) < 4.78 is 0. The molecule has 0 saturated carbocycles. The Balaban J connectivity index is 0.000000296. The van der Waals surface area contributed by atoms with Crippen molar-refractivity contribution in [3.05, 3.63) is 12.7 Å². The molecule has 1 atom stereocenters. The van der Waals surface area contributed by atoms with E-state index < -0.39 is 35.7 Å². The van der Waals surface area contributed by atoms with Crippen molar-refractivity contribution < 1.29 is 39.4 Å². The average Bonchev–Trinajstić information content (AvgIpc) is 2.87. The van der Waals surface area contributed by atoms with E-state index in [1.54, 1.807) is 0 Å². The normalized spacial score (nSPS) is 20.1. The van der Waals surface area contributed by atoms with Crippen molar-refractivity contribution in [2.45, 2.75) is 25.4 Å². The SMILES string of the molecule is C=CC(=O)O.O=C1CC(O)C(=O)N1.O=C1CCC(=O)N1O. The highest BCUT2D eigenvalue weighted by molar-refractivity contribution is 6.04. The lowest BCUT2D eigenvalue weighted by Crippen LogP contribution is -2.24. The first-order chi connectivity index (χ1) is 9.68. The van der Waals surface area contributed by atoms with Gasteiger partial charge in [0.15, 0.2) is 0 Å². The second-order valence-electron chi connectivity index (χ2n) is 3.77. The molecule has 0 radical (unpaired) electrons. The second kappa shape index (κ2) is 8.55. The van der Waals surface area contributed by atoms with Gasteiger partial charge in [0.2, 0.25) is 5.91 Å². The van der Waals surface area contributed by atoms with Crippen LogP contribution in [0.5, 0.6) is 0 Å². The predicted octanol–water partition coefficient (Wildman–Crippen LogP) is -1.82. The zero-order chi connectivity index (χ0) is 16.6. The molecule has 0 aliphatic carbocycles. The van der Waals surface area contributed by atoms with Gasteiger partial charge < -0.3 is 10.2 Å². The average molecular weight is 302 g/mol. The summed E-state index contributed by atoms with van der Waals surface area (Å²) in [6, 6.07) is 0. The van der Waals surface area contributed by atoms with Gasteiger partial charge in [-0.2, -0.15) is 5.06 Å². The lowest BCUT2D eigenvalue weighted by atomic mass is 10.3. The van der Waals surface area contributed by atoms with Crippen LogP contribution in [0.2, 0.25) is 0 Å². The molecule has 0 aromatic carbocycles. The molecule has 10 nitrogen and oxygen atoms in total. The zero-order valence-electron chi connectivity index (χ0n) is 10.8. The third-order valence-corrected chi connectivity index (χ3v) is 2.14. The first-order valence-electron chi connectivity index (χ1n) is 5.60. The number of carbonyl (C=O) groups is 5. The topological polar surface area (TPSA) is 161 Å². The van der Waals surface area contributed by atoms with Crippen molar-refractivity contribution in [2.75, 3.05) is 0 Å². The molecular weight excluding hydrogens is 288 g/mol. The molecule has 116 valence electrons. The summed E-state index contributed by atoms with van der Waals surface area (Å²) >= 11 is 0. The highest BCUT2D eigenvalue weighted by Crippen LogP contribution is 2.07. The van der Waals surface area contributed by atoms with Crippen LogP contribution in [-0.4, -0.2) is 56.2 Å². The summed E-state index contributed by atoms with van der Waals surface area (Å²) in [6.45, 7) is 2.96. The summed E-state index contributed by atoms with van der Waals surface area (Å²) in [5.41, 5.74) is 0. The minimum absolute atomic E-state index is 0.0845. The lowest BCUT2D eigenvalue weighted by molar-refractivity contribution is -0.171. The maximum Gasteiger partial charge on any atom is 0.327 e. The van der Waals surface area contributed by atoms with Crippen molar-refractivity contribution in [1.29, 1.82) is 0 Å². The Morgan fingerprint density at radius 3 is 1.76 bits per heavy atom. The predicted molar refractivity (Wildman–Crippen MR) is 64.5 cm³/mol. The molecule has 2 aliphatic heterocycles. The summed E-state index contributed by atoms with van der Waals surface area (Å²) in [4.78, 5) is 50.1. The van der Waals surface area contributed by atoms with Crippen molar-refractivity contribution in [2.24, 2.45) is 0 Å². The lowest BCUT2D eigenvalue weighted by Gasteiger charge is -1.98. The molecule has 21 heavy (non-hydrogen) atoms. The largest absolute Gasteiger partial charge is 0.478 e. The smallest absolute Gasteiger partial charge is 0.327 e. The third-order valence-electron chi connectivity index (χ3n) is 2.14. The summed E-state index contributed by atoms with van der Waals surface area (Å²) in [7, 11) is 0. The quantitative estimate of drug-likeness (QED) is 0.250. The highest BCUT2D eigenvalue weighted by Gasteiger charge is 2.27.